The van der Waals surface area contributed by atoms with Gasteiger partial charge in [0.2, 0.25) is 0 Å². The summed E-state index contributed by atoms with van der Waals surface area (Å²) in [7, 11) is -1.43. The molecule has 4 nitrogen and oxygen atoms in total. The Labute approximate surface area is 312 Å². The summed E-state index contributed by atoms with van der Waals surface area (Å²) < 4.78 is 19.3. The SMILES string of the molecule is C[Si](C)(C)c1cnc(-c2[c-]cccc2)cc1Cc1ccccc1.Fc1ccc2oc3n[c-]c(-c4cc(Cc5ccccc5)ccn4)cc3c2c1.[Ir]. The van der Waals surface area contributed by atoms with Crippen LogP contribution < -0.4 is 5.19 Å². The summed E-state index contributed by atoms with van der Waals surface area (Å²) in [5.74, 6) is -0.303. The molecule has 0 atom stereocenters. The van der Waals surface area contributed by atoms with Gasteiger partial charge in [-0.25, -0.2) is 4.39 Å². The van der Waals surface area contributed by atoms with Crippen LogP contribution >= 0.6 is 0 Å². The van der Waals surface area contributed by atoms with Gasteiger partial charge in [-0.15, -0.1) is 47.5 Å². The topological polar surface area (TPSA) is 51.8 Å². The van der Waals surface area contributed by atoms with Crippen LogP contribution in [0.4, 0.5) is 4.39 Å². The molecule has 4 aromatic carbocycles. The van der Waals surface area contributed by atoms with Crippen molar-refractivity contribution in [1.29, 1.82) is 0 Å². The molecule has 51 heavy (non-hydrogen) atoms. The van der Waals surface area contributed by atoms with Gasteiger partial charge in [0.25, 0.3) is 0 Å². The Bertz CT molecular complexity index is 2380. The van der Waals surface area contributed by atoms with Crippen LogP contribution in [0.25, 0.3) is 44.6 Å². The number of nitrogens with zero attached hydrogens (tertiary/aromatic N) is 3. The third-order valence-corrected chi connectivity index (χ3v) is 10.7. The predicted octanol–water partition coefficient (Wildman–Crippen LogP) is 10.3. The normalized spacial score (nSPS) is 11.1. The van der Waals surface area contributed by atoms with Gasteiger partial charge in [-0.05, 0) is 82.0 Å². The Kier molecular flexibility index (Phi) is 11.1. The Morgan fingerprint density at radius 3 is 2.08 bits per heavy atom. The first kappa shape index (κ1) is 35.7. The van der Waals surface area contributed by atoms with Crippen molar-refractivity contribution in [3.8, 4) is 22.5 Å². The van der Waals surface area contributed by atoms with Gasteiger partial charge in [-0.2, -0.15) is 0 Å². The average molecular weight is 862 g/mol. The fourth-order valence-corrected chi connectivity index (χ4v) is 7.69. The molecule has 0 spiro atoms. The van der Waals surface area contributed by atoms with Gasteiger partial charge in [0.1, 0.15) is 17.1 Å². The minimum atomic E-state index is -1.43. The van der Waals surface area contributed by atoms with E-state index in [1.54, 1.807) is 12.3 Å². The second-order valence-electron chi connectivity index (χ2n) is 13.4. The smallest absolute Gasteiger partial charge is 0.141 e. The number of benzene rings is 4. The van der Waals surface area contributed by atoms with E-state index >= 15 is 0 Å². The van der Waals surface area contributed by atoms with Gasteiger partial charge in [0.05, 0.1) is 8.07 Å². The van der Waals surface area contributed by atoms with Gasteiger partial charge in [-0.1, -0.05) is 98.0 Å². The van der Waals surface area contributed by atoms with Crippen molar-refractivity contribution in [3.63, 3.8) is 0 Å². The molecule has 4 heterocycles. The quantitative estimate of drug-likeness (QED) is 0.118. The first-order valence-corrected chi connectivity index (χ1v) is 20.2. The molecule has 0 aliphatic carbocycles. The summed E-state index contributed by atoms with van der Waals surface area (Å²) >= 11 is 0. The molecule has 0 aliphatic rings. The van der Waals surface area contributed by atoms with Gasteiger partial charge in [0.15, 0.2) is 0 Å². The molecule has 1 radical (unpaired) electrons. The van der Waals surface area contributed by atoms with Crippen LogP contribution in [0.1, 0.15) is 22.3 Å². The van der Waals surface area contributed by atoms with E-state index in [0.29, 0.717) is 16.7 Å². The summed E-state index contributed by atoms with van der Waals surface area (Å²) in [4.78, 5) is 13.5. The zero-order valence-electron chi connectivity index (χ0n) is 28.7. The third kappa shape index (κ3) is 8.63. The number of furan rings is 1. The van der Waals surface area contributed by atoms with Crippen LogP contribution in [0.3, 0.4) is 0 Å². The standard InChI is InChI=1S/C23H14FN2O.C21H22NSi.Ir/c24-18-6-7-22-19(13-18)20-12-17(14-26-23(20)27-22)21-11-16(8-9-25-21)10-15-4-2-1-3-5-15;1-23(2,3)21-16-22-20(18-12-8-5-9-13-18)15-19(21)14-17-10-6-4-7-11-17;/h1-9,11-13H,10H2;4-12,15-16H,14H2,1-3H3;/q2*-1;. The molecular formula is C44H36FIrN3OSi-2. The Hall–Kier alpha value is -5.07. The molecule has 0 fully saturated rings. The maximum atomic E-state index is 13.6. The van der Waals surface area contributed by atoms with E-state index in [-0.39, 0.29) is 25.9 Å². The number of hydrogen-bond donors (Lipinski definition) is 0. The molecule has 4 aromatic heterocycles. The molecule has 255 valence electrons. The van der Waals surface area contributed by atoms with Gasteiger partial charge in [0, 0.05) is 37.9 Å². The van der Waals surface area contributed by atoms with Crippen molar-refractivity contribution in [2.75, 3.05) is 0 Å². The Morgan fingerprint density at radius 2 is 1.37 bits per heavy atom. The van der Waals surface area contributed by atoms with Gasteiger partial charge in [-0.3, -0.25) is 0 Å². The van der Waals surface area contributed by atoms with Crippen LogP contribution in [0.5, 0.6) is 0 Å². The maximum Gasteiger partial charge on any atom is 0.141 e. The summed E-state index contributed by atoms with van der Waals surface area (Å²) in [6, 6.07) is 45.0. The van der Waals surface area contributed by atoms with E-state index < -0.39 is 8.07 Å². The summed E-state index contributed by atoms with van der Waals surface area (Å²) in [6.07, 6.45) is 8.67. The van der Waals surface area contributed by atoms with E-state index in [2.05, 4.69) is 103 Å². The van der Waals surface area contributed by atoms with E-state index in [4.69, 9.17) is 9.40 Å². The van der Waals surface area contributed by atoms with Gasteiger partial charge >= 0.3 is 0 Å². The van der Waals surface area contributed by atoms with Crippen molar-refractivity contribution in [2.45, 2.75) is 32.5 Å². The molecular weight excluding hydrogens is 826 g/mol. The zero-order valence-corrected chi connectivity index (χ0v) is 32.0. The number of pyridine rings is 3. The zero-order chi connectivity index (χ0) is 34.5. The minimum Gasteiger partial charge on any atom is -0.483 e. The van der Waals surface area contributed by atoms with Crippen LogP contribution in [-0.4, -0.2) is 23.0 Å². The minimum absolute atomic E-state index is 0. The van der Waals surface area contributed by atoms with Crippen molar-refractivity contribution in [1.82, 2.24) is 15.0 Å². The molecule has 8 rings (SSSR count). The first-order valence-electron chi connectivity index (χ1n) is 16.7. The second kappa shape index (κ2) is 15.9. The fraction of sp³-hybridized carbons (Fsp3) is 0.114. The predicted molar refractivity (Wildman–Crippen MR) is 204 cm³/mol. The largest absolute Gasteiger partial charge is 0.483 e. The number of rotatable bonds is 7. The number of aromatic nitrogens is 3. The van der Waals surface area contributed by atoms with Crippen molar-refractivity contribution in [3.05, 3.63) is 180 Å². The van der Waals surface area contributed by atoms with Crippen LogP contribution in [-0.2, 0) is 32.9 Å². The molecule has 0 saturated heterocycles. The van der Waals surface area contributed by atoms with Crippen molar-refractivity contribution < 1.29 is 28.9 Å². The maximum absolute atomic E-state index is 13.6. The third-order valence-electron chi connectivity index (χ3n) is 8.61. The monoisotopic (exact) mass is 862 g/mol. The fourth-order valence-electron chi connectivity index (χ4n) is 6.11. The number of halogens is 1. The summed E-state index contributed by atoms with van der Waals surface area (Å²) in [6.45, 7) is 7.15. The molecule has 8 aromatic rings. The second-order valence-corrected chi connectivity index (χ2v) is 18.4. The van der Waals surface area contributed by atoms with Crippen LogP contribution in [0, 0.1) is 18.1 Å². The molecule has 0 amide bonds. The summed E-state index contributed by atoms with van der Waals surface area (Å²) in [5, 5.41) is 2.91. The van der Waals surface area contributed by atoms with Crippen molar-refractivity contribution in [2.24, 2.45) is 0 Å². The molecule has 0 aliphatic heterocycles. The number of fused-ring (bicyclic) bond motifs is 3. The molecule has 7 heteroatoms. The average Bonchev–Trinajstić information content (AvgIpc) is 3.50. The van der Waals surface area contributed by atoms with E-state index in [9.17, 15) is 4.39 Å². The first-order chi connectivity index (χ1) is 24.3. The molecule has 0 N–H and O–H groups in total. The van der Waals surface area contributed by atoms with E-state index in [0.717, 1.165) is 46.3 Å². The summed E-state index contributed by atoms with van der Waals surface area (Å²) in [5.41, 5.74) is 9.80. The molecule has 0 bridgehead atoms. The molecule has 0 unspecified atom stereocenters. The Morgan fingerprint density at radius 1 is 0.667 bits per heavy atom. The van der Waals surface area contributed by atoms with Gasteiger partial charge < -0.3 is 19.4 Å². The van der Waals surface area contributed by atoms with E-state index in [1.807, 2.05) is 54.6 Å². The Balaban J connectivity index is 0.000000175. The molecule has 0 saturated carbocycles. The van der Waals surface area contributed by atoms with Crippen LogP contribution in [0.15, 0.2) is 144 Å². The van der Waals surface area contributed by atoms with E-state index in [1.165, 1.54) is 34.0 Å². The van der Waals surface area contributed by atoms with Crippen LogP contribution in [0.2, 0.25) is 19.6 Å². The number of hydrogen-bond acceptors (Lipinski definition) is 4. The van der Waals surface area contributed by atoms with Crippen molar-refractivity contribution >= 4 is 35.3 Å².